The van der Waals surface area contributed by atoms with E-state index in [9.17, 15) is 0 Å². The van der Waals surface area contributed by atoms with E-state index in [-0.39, 0.29) is 0 Å². The standard InChI is InChI=1S/C12H17/c1-5-11-7-9(3)10(4)8-12(11)6-2/h7H,5-6H2,1-4H3. The van der Waals surface area contributed by atoms with Gasteiger partial charge in [0.05, 0.1) is 0 Å². The topological polar surface area (TPSA) is 0 Å². The molecule has 0 aromatic heterocycles. The molecule has 1 aromatic carbocycles. The SMILES string of the molecule is CCc1[c]c(C)c(C)cc1CC. The summed E-state index contributed by atoms with van der Waals surface area (Å²) in [6.45, 7) is 8.69. The largest absolute Gasteiger partial charge is 0.0613 e. The molecule has 0 saturated carbocycles. The normalized spacial score (nSPS) is 10.3. The number of hydrogen-bond donors (Lipinski definition) is 0. The molecule has 0 bridgehead atoms. The van der Waals surface area contributed by atoms with Crippen molar-refractivity contribution in [2.24, 2.45) is 0 Å². The highest BCUT2D eigenvalue weighted by Gasteiger charge is 2.01. The van der Waals surface area contributed by atoms with Crippen LogP contribution < -0.4 is 0 Å². The maximum atomic E-state index is 3.44. The minimum absolute atomic E-state index is 1.10. The summed E-state index contributed by atoms with van der Waals surface area (Å²) in [7, 11) is 0. The van der Waals surface area contributed by atoms with Gasteiger partial charge in [-0.05, 0) is 55.0 Å². The molecule has 1 rings (SSSR count). The van der Waals surface area contributed by atoms with Crippen LogP contribution in [0, 0.1) is 19.9 Å². The Morgan fingerprint density at radius 3 is 2.33 bits per heavy atom. The lowest BCUT2D eigenvalue weighted by atomic mass is 9.97. The van der Waals surface area contributed by atoms with Crippen LogP contribution in [0.25, 0.3) is 0 Å². The van der Waals surface area contributed by atoms with Crippen LogP contribution in [0.15, 0.2) is 6.07 Å². The second-order valence-corrected chi connectivity index (χ2v) is 3.29. The van der Waals surface area contributed by atoms with Crippen molar-refractivity contribution >= 4 is 0 Å². The van der Waals surface area contributed by atoms with Crippen molar-refractivity contribution in [3.63, 3.8) is 0 Å². The Morgan fingerprint density at radius 2 is 1.83 bits per heavy atom. The van der Waals surface area contributed by atoms with E-state index in [1.807, 2.05) is 0 Å². The molecular weight excluding hydrogens is 144 g/mol. The quantitative estimate of drug-likeness (QED) is 0.624. The third kappa shape index (κ3) is 1.69. The van der Waals surface area contributed by atoms with E-state index in [4.69, 9.17) is 0 Å². The van der Waals surface area contributed by atoms with Crippen molar-refractivity contribution in [3.8, 4) is 0 Å². The van der Waals surface area contributed by atoms with Gasteiger partial charge in [-0.25, -0.2) is 0 Å². The predicted octanol–water partition coefficient (Wildman–Crippen LogP) is 3.23. The molecule has 0 aliphatic rings. The van der Waals surface area contributed by atoms with Gasteiger partial charge in [-0.1, -0.05) is 19.9 Å². The molecule has 0 nitrogen and oxygen atoms in total. The first kappa shape index (κ1) is 9.31. The zero-order valence-corrected chi connectivity index (χ0v) is 8.49. The van der Waals surface area contributed by atoms with Crippen LogP contribution in [0.5, 0.6) is 0 Å². The number of benzene rings is 1. The maximum absolute atomic E-state index is 3.44. The first-order valence-corrected chi connectivity index (χ1v) is 4.70. The minimum atomic E-state index is 1.10. The molecule has 0 heteroatoms. The Kier molecular flexibility index (Phi) is 2.91. The molecule has 0 spiro atoms. The van der Waals surface area contributed by atoms with E-state index >= 15 is 0 Å². The van der Waals surface area contributed by atoms with Gasteiger partial charge in [-0.2, -0.15) is 0 Å². The highest BCUT2D eigenvalue weighted by Crippen LogP contribution is 2.16. The van der Waals surface area contributed by atoms with Gasteiger partial charge in [-0.15, -0.1) is 0 Å². The minimum Gasteiger partial charge on any atom is -0.0613 e. The fraction of sp³-hybridized carbons (Fsp3) is 0.500. The Balaban J connectivity index is 3.19. The van der Waals surface area contributed by atoms with Gasteiger partial charge in [-0.3, -0.25) is 0 Å². The molecule has 0 amide bonds. The lowest BCUT2D eigenvalue weighted by Crippen LogP contribution is -1.94. The zero-order valence-electron chi connectivity index (χ0n) is 8.49. The average Bonchev–Trinajstić information content (AvgIpc) is 2.09. The summed E-state index contributed by atoms with van der Waals surface area (Å²) in [5.41, 5.74) is 5.51. The van der Waals surface area contributed by atoms with E-state index in [0.29, 0.717) is 0 Å². The van der Waals surface area contributed by atoms with E-state index in [1.54, 1.807) is 0 Å². The first-order chi connectivity index (χ1) is 5.69. The van der Waals surface area contributed by atoms with Gasteiger partial charge < -0.3 is 0 Å². The van der Waals surface area contributed by atoms with Crippen molar-refractivity contribution < 1.29 is 0 Å². The third-order valence-electron chi connectivity index (χ3n) is 2.44. The van der Waals surface area contributed by atoms with E-state index in [1.165, 1.54) is 22.3 Å². The van der Waals surface area contributed by atoms with Gasteiger partial charge >= 0.3 is 0 Å². The van der Waals surface area contributed by atoms with Crippen LogP contribution in [-0.4, -0.2) is 0 Å². The lowest BCUT2D eigenvalue weighted by molar-refractivity contribution is 1.02. The predicted molar refractivity (Wildman–Crippen MR) is 53.5 cm³/mol. The van der Waals surface area contributed by atoms with Crippen LogP contribution in [0.3, 0.4) is 0 Å². The fourth-order valence-corrected chi connectivity index (χ4v) is 1.49. The molecule has 0 aliphatic heterocycles. The van der Waals surface area contributed by atoms with E-state index < -0.39 is 0 Å². The molecule has 1 aromatic rings. The molecule has 0 atom stereocenters. The second kappa shape index (κ2) is 3.75. The molecule has 0 fully saturated rings. The van der Waals surface area contributed by atoms with Crippen molar-refractivity contribution in [2.75, 3.05) is 0 Å². The van der Waals surface area contributed by atoms with Crippen molar-refractivity contribution in [1.29, 1.82) is 0 Å². The first-order valence-electron chi connectivity index (χ1n) is 4.70. The summed E-state index contributed by atoms with van der Waals surface area (Å²) in [6, 6.07) is 5.74. The lowest BCUT2D eigenvalue weighted by Gasteiger charge is -2.08. The summed E-state index contributed by atoms with van der Waals surface area (Å²) >= 11 is 0. The smallest absolute Gasteiger partial charge is 0.0112 e. The highest BCUT2D eigenvalue weighted by molar-refractivity contribution is 5.36. The molecule has 0 heterocycles. The van der Waals surface area contributed by atoms with E-state index in [0.717, 1.165) is 12.8 Å². The molecule has 0 N–H and O–H groups in total. The third-order valence-corrected chi connectivity index (χ3v) is 2.44. The van der Waals surface area contributed by atoms with Crippen molar-refractivity contribution in [2.45, 2.75) is 40.5 Å². The molecule has 0 aliphatic carbocycles. The number of hydrogen-bond acceptors (Lipinski definition) is 0. The Bertz CT molecular complexity index is 243. The number of aryl methyl sites for hydroxylation is 4. The Labute approximate surface area is 75.6 Å². The van der Waals surface area contributed by atoms with Gasteiger partial charge in [0.2, 0.25) is 0 Å². The monoisotopic (exact) mass is 161 g/mol. The summed E-state index contributed by atoms with van der Waals surface area (Å²) < 4.78 is 0. The van der Waals surface area contributed by atoms with Gasteiger partial charge in [0, 0.05) is 0 Å². The fourth-order valence-electron chi connectivity index (χ4n) is 1.49. The summed E-state index contributed by atoms with van der Waals surface area (Å²) in [5, 5.41) is 0. The summed E-state index contributed by atoms with van der Waals surface area (Å²) in [4.78, 5) is 0. The summed E-state index contributed by atoms with van der Waals surface area (Å²) in [6.07, 6.45) is 2.23. The summed E-state index contributed by atoms with van der Waals surface area (Å²) in [5.74, 6) is 0. The van der Waals surface area contributed by atoms with Crippen LogP contribution in [0.2, 0.25) is 0 Å². The average molecular weight is 161 g/mol. The molecule has 0 unspecified atom stereocenters. The second-order valence-electron chi connectivity index (χ2n) is 3.29. The Hall–Kier alpha value is -0.780. The molecule has 65 valence electrons. The number of rotatable bonds is 2. The van der Waals surface area contributed by atoms with Gasteiger partial charge in [0.15, 0.2) is 0 Å². The molecule has 1 radical (unpaired) electrons. The van der Waals surface area contributed by atoms with E-state index in [2.05, 4.69) is 39.8 Å². The van der Waals surface area contributed by atoms with Crippen LogP contribution in [0.1, 0.15) is 36.1 Å². The zero-order chi connectivity index (χ0) is 9.14. The van der Waals surface area contributed by atoms with Gasteiger partial charge in [0.1, 0.15) is 0 Å². The van der Waals surface area contributed by atoms with Crippen LogP contribution >= 0.6 is 0 Å². The highest BCUT2D eigenvalue weighted by atomic mass is 14.1. The molecular formula is C12H17. The molecule has 12 heavy (non-hydrogen) atoms. The van der Waals surface area contributed by atoms with Crippen LogP contribution in [-0.2, 0) is 12.8 Å². The van der Waals surface area contributed by atoms with Crippen molar-refractivity contribution in [1.82, 2.24) is 0 Å². The van der Waals surface area contributed by atoms with Crippen LogP contribution in [0.4, 0.5) is 0 Å². The van der Waals surface area contributed by atoms with Crippen molar-refractivity contribution in [3.05, 3.63) is 34.4 Å². The molecule has 0 saturated heterocycles. The Morgan fingerprint density at radius 1 is 1.17 bits per heavy atom. The van der Waals surface area contributed by atoms with Gasteiger partial charge in [0.25, 0.3) is 0 Å². The maximum Gasteiger partial charge on any atom is -0.0112 e.